The number of benzene rings is 1. The molecule has 1 amide bonds. The third kappa shape index (κ3) is 5.43. The van der Waals surface area contributed by atoms with E-state index in [-0.39, 0.29) is 7.33 Å². The Bertz CT molecular complexity index is 690. The van der Waals surface area contributed by atoms with E-state index < -0.39 is 0 Å². The molecular weight excluding hydrogens is 314 g/mol. The van der Waals surface area contributed by atoms with E-state index in [0.29, 0.717) is 24.6 Å². The lowest BCUT2D eigenvalue weighted by atomic mass is 10.1. The Labute approximate surface area is 151 Å². The molecule has 0 unspecified atom stereocenters. The minimum absolute atomic E-state index is 0. The van der Waals surface area contributed by atoms with Crippen LogP contribution in [0, 0.1) is 0 Å². The molecule has 5 nitrogen and oxygen atoms in total. The van der Waals surface area contributed by atoms with Crippen LogP contribution in [-0.2, 0) is 0 Å². The van der Waals surface area contributed by atoms with Gasteiger partial charge in [-0.25, -0.2) is 4.98 Å². The maximum atomic E-state index is 12.7. The molecule has 2 rings (SSSR count). The molecule has 0 radical (unpaired) electrons. The summed E-state index contributed by atoms with van der Waals surface area (Å²) in [7, 11) is 0. The molecule has 2 aromatic rings. The second kappa shape index (κ2) is 9.99. The van der Waals surface area contributed by atoms with Crippen LogP contribution in [0.3, 0.4) is 0 Å². The normalized spacial score (nSPS) is 11.0. The smallest absolute Gasteiger partial charge is 0.252 e. The maximum Gasteiger partial charge on any atom is 0.252 e. The number of hydrogen-bond acceptors (Lipinski definition) is 4. The Balaban J connectivity index is 0.00000338. The number of nitrogens with zero attached hydrogens (tertiary/aromatic N) is 2. The Morgan fingerprint density at radius 1 is 1.24 bits per heavy atom. The van der Waals surface area contributed by atoms with E-state index in [2.05, 4.69) is 36.0 Å². The van der Waals surface area contributed by atoms with Gasteiger partial charge in [0.05, 0.1) is 17.7 Å². The molecule has 0 bridgehead atoms. The lowest BCUT2D eigenvalue weighted by Gasteiger charge is -2.18. The summed E-state index contributed by atoms with van der Waals surface area (Å²) in [4.78, 5) is 19.5. The number of ether oxygens (including phenoxy) is 1. The zero-order valence-electron chi connectivity index (χ0n) is 15.5. The average Bonchev–Trinajstić information content (AvgIpc) is 2.64. The van der Waals surface area contributed by atoms with Gasteiger partial charge in [-0.05, 0) is 25.6 Å². The maximum absolute atomic E-state index is 12.7. The second-order valence-corrected chi connectivity index (χ2v) is 6.01. The molecule has 1 N–H and O–H groups in total. The number of pyridine rings is 1. The zero-order valence-corrected chi connectivity index (χ0v) is 15.5. The van der Waals surface area contributed by atoms with Crippen LogP contribution in [0.15, 0.2) is 30.3 Å². The molecule has 5 heteroatoms. The molecule has 138 valence electrons. The van der Waals surface area contributed by atoms with E-state index in [4.69, 9.17) is 4.74 Å². The fourth-order valence-electron chi connectivity index (χ4n) is 2.70. The molecule has 0 atom stereocenters. The summed E-state index contributed by atoms with van der Waals surface area (Å²) in [6.45, 7) is 10.4. The van der Waals surface area contributed by atoms with Crippen LogP contribution in [0.5, 0.6) is 5.88 Å². The van der Waals surface area contributed by atoms with E-state index in [9.17, 15) is 4.79 Å². The van der Waals surface area contributed by atoms with Crippen molar-refractivity contribution in [2.45, 2.75) is 33.6 Å². The first-order valence-corrected chi connectivity index (χ1v) is 9.22. The average molecular weight is 345 g/mol. The molecule has 0 spiro atoms. The van der Waals surface area contributed by atoms with Crippen molar-refractivity contribution in [2.75, 3.05) is 32.8 Å². The first-order valence-electron chi connectivity index (χ1n) is 9.22. The van der Waals surface area contributed by atoms with Crippen molar-refractivity contribution < 1.29 is 11.0 Å². The van der Waals surface area contributed by atoms with E-state index in [1.807, 2.05) is 24.3 Å². The van der Waals surface area contributed by atoms with Crippen LogP contribution in [0.2, 0.25) is 0 Å². The molecule has 0 fully saturated rings. The lowest BCUT2D eigenvalue weighted by Crippen LogP contribution is -2.34. The van der Waals surface area contributed by atoms with Crippen molar-refractivity contribution in [3.63, 3.8) is 0 Å². The standard InChI is InChI=1S/C20H29N3O2.H2/c1-4-7-14-25-19-15-17(16-10-8-9-11-18(16)22-19)20(24)21-12-13-23(5-2)6-3;/h8-11,15H,4-7,12-14H2,1-3H3,(H,21,24);1H. The summed E-state index contributed by atoms with van der Waals surface area (Å²) in [5.74, 6) is 0.437. The number of carbonyl (C=O) groups excluding carboxylic acids is 1. The fraction of sp³-hybridized carbons (Fsp3) is 0.500. The summed E-state index contributed by atoms with van der Waals surface area (Å²) < 4.78 is 5.72. The summed E-state index contributed by atoms with van der Waals surface area (Å²) in [5.41, 5.74) is 1.40. The Hall–Kier alpha value is -2.14. The third-order valence-corrected chi connectivity index (χ3v) is 4.29. The van der Waals surface area contributed by atoms with E-state index in [0.717, 1.165) is 43.4 Å². The first-order chi connectivity index (χ1) is 12.2. The highest BCUT2D eigenvalue weighted by Crippen LogP contribution is 2.22. The van der Waals surface area contributed by atoms with Gasteiger partial charge in [0.2, 0.25) is 5.88 Å². The van der Waals surface area contributed by atoms with Crippen molar-refractivity contribution in [1.29, 1.82) is 0 Å². The van der Waals surface area contributed by atoms with Gasteiger partial charge in [-0.3, -0.25) is 4.79 Å². The minimum Gasteiger partial charge on any atom is -0.478 e. The van der Waals surface area contributed by atoms with Gasteiger partial charge in [-0.2, -0.15) is 0 Å². The largest absolute Gasteiger partial charge is 0.478 e. The first kappa shape index (κ1) is 19.2. The van der Waals surface area contributed by atoms with Crippen LogP contribution in [0.1, 0.15) is 45.4 Å². The number of likely N-dealkylation sites (N-methyl/N-ethyl adjacent to an activating group) is 1. The van der Waals surface area contributed by atoms with E-state index >= 15 is 0 Å². The number of fused-ring (bicyclic) bond motifs is 1. The predicted molar refractivity (Wildman–Crippen MR) is 104 cm³/mol. The van der Waals surface area contributed by atoms with Gasteiger partial charge in [0.1, 0.15) is 0 Å². The van der Waals surface area contributed by atoms with Crippen LogP contribution >= 0.6 is 0 Å². The monoisotopic (exact) mass is 345 g/mol. The number of hydrogen-bond donors (Lipinski definition) is 1. The highest BCUT2D eigenvalue weighted by atomic mass is 16.5. The van der Waals surface area contributed by atoms with Gasteiger partial charge < -0.3 is 15.0 Å². The molecule has 25 heavy (non-hydrogen) atoms. The van der Waals surface area contributed by atoms with Crippen molar-refractivity contribution in [3.05, 3.63) is 35.9 Å². The van der Waals surface area contributed by atoms with Crippen molar-refractivity contribution in [3.8, 4) is 5.88 Å². The number of nitrogens with one attached hydrogen (secondary N) is 1. The highest BCUT2D eigenvalue weighted by Gasteiger charge is 2.13. The van der Waals surface area contributed by atoms with Gasteiger partial charge in [-0.15, -0.1) is 0 Å². The second-order valence-electron chi connectivity index (χ2n) is 6.01. The quantitative estimate of drug-likeness (QED) is 0.667. The Kier molecular flexibility index (Phi) is 7.67. The molecule has 0 aliphatic heterocycles. The molecule has 0 aliphatic rings. The lowest BCUT2D eigenvalue weighted by molar-refractivity contribution is 0.0950. The van der Waals surface area contributed by atoms with Gasteiger partial charge in [0.15, 0.2) is 0 Å². The highest BCUT2D eigenvalue weighted by molar-refractivity contribution is 6.06. The summed E-state index contributed by atoms with van der Waals surface area (Å²) >= 11 is 0. The number of aromatic nitrogens is 1. The fourth-order valence-corrected chi connectivity index (χ4v) is 2.70. The molecule has 1 aromatic heterocycles. The Morgan fingerprint density at radius 3 is 2.72 bits per heavy atom. The Morgan fingerprint density at radius 2 is 2.00 bits per heavy atom. The van der Waals surface area contributed by atoms with Gasteiger partial charge in [0, 0.05) is 26.0 Å². The van der Waals surface area contributed by atoms with Gasteiger partial charge in [-0.1, -0.05) is 45.4 Å². The number of rotatable bonds is 10. The molecule has 0 saturated carbocycles. The molecule has 0 aliphatic carbocycles. The van der Waals surface area contributed by atoms with Gasteiger partial charge in [0.25, 0.3) is 5.91 Å². The number of unbranched alkanes of at least 4 members (excludes halogenated alkanes) is 1. The van der Waals surface area contributed by atoms with Gasteiger partial charge >= 0.3 is 0 Å². The van der Waals surface area contributed by atoms with Crippen molar-refractivity contribution >= 4 is 16.8 Å². The van der Waals surface area contributed by atoms with Crippen LogP contribution < -0.4 is 10.1 Å². The number of amides is 1. The summed E-state index contributed by atoms with van der Waals surface area (Å²) in [6.07, 6.45) is 2.03. The summed E-state index contributed by atoms with van der Waals surface area (Å²) in [6, 6.07) is 9.44. The summed E-state index contributed by atoms with van der Waals surface area (Å²) in [5, 5.41) is 3.87. The molecule has 1 heterocycles. The number of carbonyl (C=O) groups is 1. The molecular formula is C20H31N3O2. The number of para-hydroxylation sites is 1. The van der Waals surface area contributed by atoms with Crippen LogP contribution in [0.4, 0.5) is 0 Å². The van der Waals surface area contributed by atoms with Crippen LogP contribution in [-0.4, -0.2) is 48.6 Å². The van der Waals surface area contributed by atoms with E-state index in [1.54, 1.807) is 6.07 Å². The van der Waals surface area contributed by atoms with E-state index in [1.165, 1.54) is 0 Å². The molecule has 1 aromatic carbocycles. The van der Waals surface area contributed by atoms with Crippen LogP contribution in [0.25, 0.3) is 10.9 Å². The van der Waals surface area contributed by atoms with Crippen molar-refractivity contribution in [2.24, 2.45) is 0 Å². The molecule has 0 saturated heterocycles. The SMILES string of the molecule is CCCCOc1cc(C(=O)NCCN(CC)CC)c2ccccc2n1.[HH]. The third-order valence-electron chi connectivity index (χ3n) is 4.29. The topological polar surface area (TPSA) is 54.5 Å². The predicted octanol–water partition coefficient (Wildman–Crippen LogP) is 3.73. The minimum atomic E-state index is -0.0777. The van der Waals surface area contributed by atoms with Crippen molar-refractivity contribution in [1.82, 2.24) is 15.2 Å². The zero-order chi connectivity index (χ0) is 18.1.